The molecule has 0 aromatic heterocycles. The molecule has 3 fully saturated rings. The fourth-order valence-corrected chi connectivity index (χ4v) is 3.63. The van der Waals surface area contributed by atoms with Crippen molar-refractivity contribution in [3.63, 3.8) is 0 Å². The number of ether oxygens (including phenoxy) is 2. The molecule has 1 aliphatic carbocycles. The Bertz CT molecular complexity index is 502. The standard InChI is InChI=1S/C14H15NO5/c16-10-5-9(11-6-19-14(10)20-11)15-12(17)7-3-1-2-4-8(7)13(15)18/h1-2,7-9,11,14H,3-6H2/t7-,8-,9+,11-,14+/m1/s1. The lowest BCUT2D eigenvalue weighted by Crippen LogP contribution is -2.52. The van der Waals surface area contributed by atoms with Crippen molar-refractivity contribution in [3.8, 4) is 0 Å². The molecule has 2 bridgehead atoms. The fraction of sp³-hybridized carbons (Fsp3) is 0.643. The zero-order valence-electron chi connectivity index (χ0n) is 10.9. The van der Waals surface area contributed by atoms with Gasteiger partial charge >= 0.3 is 0 Å². The minimum absolute atomic E-state index is 0.152. The molecule has 0 saturated carbocycles. The predicted molar refractivity (Wildman–Crippen MR) is 65.2 cm³/mol. The first kappa shape index (κ1) is 12.2. The lowest BCUT2D eigenvalue weighted by Gasteiger charge is -2.32. The smallest absolute Gasteiger partial charge is 0.233 e. The molecule has 4 rings (SSSR count). The first-order valence-corrected chi connectivity index (χ1v) is 6.98. The van der Waals surface area contributed by atoms with Gasteiger partial charge in [0.1, 0.15) is 6.10 Å². The molecule has 5 atom stereocenters. The Morgan fingerprint density at radius 3 is 2.35 bits per heavy atom. The molecule has 2 amide bonds. The summed E-state index contributed by atoms with van der Waals surface area (Å²) in [6.45, 7) is 0.270. The van der Waals surface area contributed by atoms with Crippen LogP contribution >= 0.6 is 0 Å². The minimum atomic E-state index is -0.798. The topological polar surface area (TPSA) is 72.9 Å². The maximum Gasteiger partial charge on any atom is 0.233 e. The lowest BCUT2D eigenvalue weighted by atomic mass is 9.85. The van der Waals surface area contributed by atoms with Crippen LogP contribution in [0.2, 0.25) is 0 Å². The van der Waals surface area contributed by atoms with Gasteiger partial charge in [-0.1, -0.05) is 12.2 Å². The number of carbonyl (C=O) groups excluding carboxylic acids is 3. The zero-order valence-corrected chi connectivity index (χ0v) is 10.9. The van der Waals surface area contributed by atoms with Crippen LogP contribution < -0.4 is 0 Å². The Morgan fingerprint density at radius 1 is 1.05 bits per heavy atom. The molecule has 0 unspecified atom stereocenters. The second-order valence-electron chi connectivity index (χ2n) is 5.78. The molecule has 20 heavy (non-hydrogen) atoms. The number of hydrogen-bond acceptors (Lipinski definition) is 5. The SMILES string of the molecule is O=C1C[C@H](N2C(=O)[C@@H]3CC=CC[C@H]3C2=O)[C@H]2CO[C@H]1O2. The van der Waals surface area contributed by atoms with Gasteiger partial charge in [0.2, 0.25) is 18.1 Å². The third-order valence-corrected chi connectivity index (χ3v) is 4.69. The molecule has 0 aromatic carbocycles. The van der Waals surface area contributed by atoms with Crippen LogP contribution in [0.25, 0.3) is 0 Å². The average Bonchev–Trinajstić information content (AvgIpc) is 2.99. The summed E-state index contributed by atoms with van der Waals surface area (Å²) < 4.78 is 10.7. The number of likely N-dealkylation sites (tertiary alicyclic amines) is 1. The third-order valence-electron chi connectivity index (χ3n) is 4.69. The number of nitrogens with zero attached hydrogens (tertiary/aromatic N) is 1. The fourth-order valence-electron chi connectivity index (χ4n) is 3.63. The second kappa shape index (κ2) is 4.23. The Morgan fingerprint density at radius 2 is 1.70 bits per heavy atom. The van der Waals surface area contributed by atoms with E-state index >= 15 is 0 Å². The van der Waals surface area contributed by atoms with Gasteiger partial charge in [-0.15, -0.1) is 0 Å². The Labute approximate surface area is 115 Å². The molecule has 0 spiro atoms. The van der Waals surface area contributed by atoms with E-state index in [-0.39, 0.29) is 48.6 Å². The van der Waals surface area contributed by atoms with Crippen molar-refractivity contribution >= 4 is 17.6 Å². The molecule has 3 aliphatic heterocycles. The summed E-state index contributed by atoms with van der Waals surface area (Å²) in [6.07, 6.45) is 4.11. The van der Waals surface area contributed by atoms with Crippen LogP contribution in [0.3, 0.4) is 0 Å². The molecule has 3 saturated heterocycles. The highest BCUT2D eigenvalue weighted by molar-refractivity contribution is 6.06. The van der Waals surface area contributed by atoms with Gasteiger partial charge in [0.05, 0.1) is 24.5 Å². The predicted octanol–water partition coefficient (Wildman–Crippen LogP) is 0.0205. The molecule has 6 nitrogen and oxygen atoms in total. The minimum Gasteiger partial charge on any atom is -0.343 e. The molecular formula is C14H15NO5. The van der Waals surface area contributed by atoms with Crippen LogP contribution in [0.4, 0.5) is 0 Å². The monoisotopic (exact) mass is 277 g/mol. The quantitative estimate of drug-likeness (QED) is 0.499. The number of Topliss-reactive ketones (excluding diaryl/α,β-unsaturated/α-hetero) is 1. The summed E-state index contributed by atoms with van der Waals surface area (Å²) in [5, 5.41) is 0. The number of rotatable bonds is 1. The molecular weight excluding hydrogens is 262 g/mol. The van der Waals surface area contributed by atoms with Crippen molar-refractivity contribution in [3.05, 3.63) is 12.2 Å². The van der Waals surface area contributed by atoms with Gasteiger partial charge in [-0.3, -0.25) is 19.3 Å². The maximum atomic E-state index is 12.5. The highest BCUT2D eigenvalue weighted by Crippen LogP contribution is 2.39. The first-order valence-electron chi connectivity index (χ1n) is 6.98. The van der Waals surface area contributed by atoms with Crippen LogP contribution in [0.5, 0.6) is 0 Å². The molecule has 106 valence electrons. The Hall–Kier alpha value is -1.53. The van der Waals surface area contributed by atoms with Crippen LogP contribution in [-0.2, 0) is 23.9 Å². The van der Waals surface area contributed by atoms with E-state index in [1.807, 2.05) is 12.2 Å². The number of amides is 2. The summed E-state index contributed by atoms with van der Waals surface area (Å²) in [5.41, 5.74) is 0. The van der Waals surface area contributed by atoms with Crippen molar-refractivity contribution in [2.75, 3.05) is 6.61 Å². The second-order valence-corrected chi connectivity index (χ2v) is 5.78. The summed E-state index contributed by atoms with van der Waals surface area (Å²) >= 11 is 0. The number of hydrogen-bond donors (Lipinski definition) is 0. The number of imide groups is 1. The van der Waals surface area contributed by atoms with Crippen molar-refractivity contribution in [1.29, 1.82) is 0 Å². The van der Waals surface area contributed by atoms with Gasteiger partial charge in [0.25, 0.3) is 0 Å². The highest BCUT2D eigenvalue weighted by Gasteiger charge is 2.55. The van der Waals surface area contributed by atoms with E-state index in [1.54, 1.807) is 0 Å². The normalized spacial score (nSPS) is 43.3. The van der Waals surface area contributed by atoms with Gasteiger partial charge in [-0.25, -0.2) is 0 Å². The largest absolute Gasteiger partial charge is 0.343 e. The average molecular weight is 277 g/mol. The number of ketones is 1. The molecule has 0 radical (unpaired) electrons. The van der Waals surface area contributed by atoms with Crippen molar-refractivity contribution < 1.29 is 23.9 Å². The van der Waals surface area contributed by atoms with E-state index in [2.05, 4.69) is 0 Å². The van der Waals surface area contributed by atoms with Crippen LogP contribution in [0.1, 0.15) is 19.3 Å². The summed E-state index contributed by atoms with van der Waals surface area (Å²) in [7, 11) is 0. The Balaban J connectivity index is 1.64. The van der Waals surface area contributed by atoms with Gasteiger partial charge in [-0.2, -0.15) is 0 Å². The van der Waals surface area contributed by atoms with Gasteiger partial charge in [-0.05, 0) is 12.8 Å². The Kier molecular flexibility index (Phi) is 2.59. The van der Waals surface area contributed by atoms with E-state index in [0.29, 0.717) is 12.8 Å². The van der Waals surface area contributed by atoms with Crippen LogP contribution in [-0.4, -0.2) is 47.5 Å². The molecule has 4 aliphatic rings. The summed E-state index contributed by atoms with van der Waals surface area (Å²) in [4.78, 5) is 38.1. The van der Waals surface area contributed by atoms with E-state index in [1.165, 1.54) is 4.90 Å². The molecule has 6 heteroatoms. The van der Waals surface area contributed by atoms with Crippen molar-refractivity contribution in [2.24, 2.45) is 11.8 Å². The van der Waals surface area contributed by atoms with Gasteiger partial charge in [0.15, 0.2) is 5.78 Å². The number of allylic oxidation sites excluding steroid dienone is 2. The van der Waals surface area contributed by atoms with E-state index in [4.69, 9.17) is 9.47 Å². The maximum absolute atomic E-state index is 12.5. The van der Waals surface area contributed by atoms with Crippen molar-refractivity contribution in [1.82, 2.24) is 4.90 Å². The molecule has 0 aromatic rings. The number of fused-ring (bicyclic) bond motifs is 3. The van der Waals surface area contributed by atoms with E-state index in [9.17, 15) is 14.4 Å². The lowest BCUT2D eigenvalue weighted by molar-refractivity contribution is -0.163. The molecule has 0 N–H and O–H groups in total. The van der Waals surface area contributed by atoms with Crippen molar-refractivity contribution in [2.45, 2.75) is 37.7 Å². The van der Waals surface area contributed by atoms with Crippen LogP contribution in [0, 0.1) is 11.8 Å². The zero-order chi connectivity index (χ0) is 13.9. The first-order chi connectivity index (χ1) is 9.66. The highest BCUT2D eigenvalue weighted by atomic mass is 16.7. The van der Waals surface area contributed by atoms with Gasteiger partial charge < -0.3 is 9.47 Å². The molecule has 3 heterocycles. The summed E-state index contributed by atoms with van der Waals surface area (Å²) in [5.74, 6) is -1.02. The van der Waals surface area contributed by atoms with E-state index < -0.39 is 12.3 Å². The third kappa shape index (κ3) is 1.55. The number of carbonyl (C=O) groups is 3. The van der Waals surface area contributed by atoms with Gasteiger partial charge in [0, 0.05) is 6.42 Å². The van der Waals surface area contributed by atoms with E-state index in [0.717, 1.165) is 0 Å². The van der Waals surface area contributed by atoms with Crippen LogP contribution in [0.15, 0.2) is 12.2 Å². The summed E-state index contributed by atoms with van der Waals surface area (Å²) in [6, 6.07) is -0.494.